The number of guanidine groups is 1. The van der Waals surface area contributed by atoms with E-state index < -0.39 is 0 Å². The highest BCUT2D eigenvalue weighted by Gasteiger charge is 2.22. The van der Waals surface area contributed by atoms with Gasteiger partial charge in [-0.1, -0.05) is 54.6 Å². The predicted molar refractivity (Wildman–Crippen MR) is 129 cm³/mol. The molecule has 0 spiro atoms. The van der Waals surface area contributed by atoms with E-state index in [4.69, 9.17) is 0 Å². The molecule has 3 rings (SSSR count). The molecule has 0 amide bonds. The molecule has 1 fully saturated rings. The van der Waals surface area contributed by atoms with Gasteiger partial charge in [-0.25, -0.2) is 0 Å². The number of hydrogen-bond acceptors (Lipinski definition) is 2. The maximum absolute atomic E-state index is 4.37. The summed E-state index contributed by atoms with van der Waals surface area (Å²) in [5.41, 5.74) is 4.05. The average molecular weight is 492 g/mol. The molecular formula is C23H33IN4. The lowest BCUT2D eigenvalue weighted by molar-refractivity contribution is 0.328. The second kappa shape index (κ2) is 12.1. The molecule has 1 saturated heterocycles. The summed E-state index contributed by atoms with van der Waals surface area (Å²) < 4.78 is 0. The molecule has 28 heavy (non-hydrogen) atoms. The number of hydrogen-bond donors (Lipinski definition) is 2. The number of rotatable bonds is 7. The lowest BCUT2D eigenvalue weighted by Gasteiger charge is -2.18. The molecule has 2 aromatic rings. The van der Waals surface area contributed by atoms with Crippen molar-refractivity contribution >= 4 is 29.9 Å². The molecule has 4 nitrogen and oxygen atoms in total. The van der Waals surface area contributed by atoms with Crippen molar-refractivity contribution in [2.75, 3.05) is 33.2 Å². The third-order valence-electron chi connectivity index (χ3n) is 5.42. The van der Waals surface area contributed by atoms with E-state index in [-0.39, 0.29) is 24.0 Å². The van der Waals surface area contributed by atoms with Crippen LogP contribution in [0, 0.1) is 12.8 Å². The van der Waals surface area contributed by atoms with Crippen molar-refractivity contribution in [2.24, 2.45) is 10.9 Å². The second-order valence-corrected chi connectivity index (χ2v) is 7.42. The zero-order valence-corrected chi connectivity index (χ0v) is 19.4. The van der Waals surface area contributed by atoms with Crippen LogP contribution in [-0.2, 0) is 13.0 Å². The van der Waals surface area contributed by atoms with Gasteiger partial charge in [0.2, 0.25) is 0 Å². The van der Waals surface area contributed by atoms with Gasteiger partial charge >= 0.3 is 0 Å². The molecule has 1 aliphatic heterocycles. The minimum atomic E-state index is 0. The highest BCUT2D eigenvalue weighted by atomic mass is 127. The SMILES string of the molecule is CN=C(NCc1ccccc1C)NCC1CCN(CCc2ccccc2)C1.I. The van der Waals surface area contributed by atoms with Crippen LogP contribution in [-0.4, -0.2) is 44.1 Å². The summed E-state index contributed by atoms with van der Waals surface area (Å²) in [4.78, 5) is 6.96. The number of aryl methyl sites for hydroxylation is 1. The Morgan fingerprint density at radius 1 is 1.07 bits per heavy atom. The molecule has 1 unspecified atom stereocenters. The van der Waals surface area contributed by atoms with Crippen molar-refractivity contribution in [1.82, 2.24) is 15.5 Å². The van der Waals surface area contributed by atoms with Gasteiger partial charge in [-0.15, -0.1) is 24.0 Å². The van der Waals surface area contributed by atoms with Gasteiger partial charge < -0.3 is 15.5 Å². The number of halogens is 1. The zero-order valence-electron chi connectivity index (χ0n) is 17.0. The molecule has 1 aliphatic rings. The average Bonchev–Trinajstić information content (AvgIpc) is 3.16. The maximum Gasteiger partial charge on any atom is 0.191 e. The van der Waals surface area contributed by atoms with Crippen molar-refractivity contribution in [3.05, 3.63) is 71.3 Å². The Morgan fingerprint density at radius 2 is 1.82 bits per heavy atom. The molecule has 0 aromatic heterocycles. The van der Waals surface area contributed by atoms with Crippen LogP contribution in [0.25, 0.3) is 0 Å². The summed E-state index contributed by atoms with van der Waals surface area (Å²) in [5, 5.41) is 6.94. The lowest BCUT2D eigenvalue weighted by Crippen LogP contribution is -2.40. The van der Waals surface area contributed by atoms with Gasteiger partial charge in [-0.3, -0.25) is 4.99 Å². The van der Waals surface area contributed by atoms with Gasteiger partial charge in [0.1, 0.15) is 0 Å². The lowest BCUT2D eigenvalue weighted by atomic mass is 10.1. The van der Waals surface area contributed by atoms with E-state index in [2.05, 4.69) is 82.0 Å². The molecule has 0 radical (unpaired) electrons. The minimum absolute atomic E-state index is 0. The van der Waals surface area contributed by atoms with E-state index in [0.29, 0.717) is 5.92 Å². The highest BCUT2D eigenvalue weighted by Crippen LogP contribution is 2.16. The minimum Gasteiger partial charge on any atom is -0.356 e. The first kappa shape index (κ1) is 22.7. The molecule has 2 aromatic carbocycles. The Hall–Kier alpha value is -1.60. The van der Waals surface area contributed by atoms with Gasteiger partial charge in [0, 0.05) is 33.2 Å². The van der Waals surface area contributed by atoms with Crippen molar-refractivity contribution in [3.63, 3.8) is 0 Å². The molecule has 1 atom stereocenters. The predicted octanol–water partition coefficient (Wildman–Crippen LogP) is 3.84. The van der Waals surface area contributed by atoms with Crippen LogP contribution in [0.4, 0.5) is 0 Å². The van der Waals surface area contributed by atoms with E-state index in [1.165, 1.54) is 36.2 Å². The highest BCUT2D eigenvalue weighted by molar-refractivity contribution is 14.0. The fraction of sp³-hybridized carbons (Fsp3) is 0.435. The number of aliphatic imine (C=N–C) groups is 1. The fourth-order valence-corrected chi connectivity index (χ4v) is 3.66. The summed E-state index contributed by atoms with van der Waals surface area (Å²) in [5.74, 6) is 1.58. The largest absolute Gasteiger partial charge is 0.356 e. The summed E-state index contributed by atoms with van der Waals surface area (Å²) in [6.45, 7) is 7.47. The molecule has 1 heterocycles. The van der Waals surface area contributed by atoms with Crippen LogP contribution in [0.3, 0.4) is 0 Å². The van der Waals surface area contributed by atoms with E-state index in [1.54, 1.807) is 0 Å². The number of likely N-dealkylation sites (tertiary alicyclic amines) is 1. The molecule has 0 saturated carbocycles. The summed E-state index contributed by atoms with van der Waals surface area (Å²) in [7, 11) is 1.84. The molecule has 0 aliphatic carbocycles. The van der Waals surface area contributed by atoms with Crippen LogP contribution in [0.2, 0.25) is 0 Å². The third-order valence-corrected chi connectivity index (χ3v) is 5.42. The summed E-state index contributed by atoms with van der Waals surface area (Å²) in [6.07, 6.45) is 2.40. The zero-order chi connectivity index (χ0) is 18.9. The molecular weight excluding hydrogens is 459 g/mol. The van der Waals surface area contributed by atoms with Gasteiger partial charge in [-0.05, 0) is 48.9 Å². The Morgan fingerprint density at radius 3 is 2.57 bits per heavy atom. The summed E-state index contributed by atoms with van der Waals surface area (Å²) in [6, 6.07) is 19.3. The maximum atomic E-state index is 4.37. The monoisotopic (exact) mass is 492 g/mol. The van der Waals surface area contributed by atoms with Gasteiger partial charge in [0.25, 0.3) is 0 Å². The molecule has 5 heteroatoms. The molecule has 0 bridgehead atoms. The third kappa shape index (κ3) is 7.09. The number of nitrogens with zero attached hydrogens (tertiary/aromatic N) is 2. The van der Waals surface area contributed by atoms with Crippen molar-refractivity contribution in [2.45, 2.75) is 26.3 Å². The first-order valence-electron chi connectivity index (χ1n) is 10.00. The van der Waals surface area contributed by atoms with Crippen molar-refractivity contribution in [3.8, 4) is 0 Å². The fourth-order valence-electron chi connectivity index (χ4n) is 3.66. The smallest absolute Gasteiger partial charge is 0.191 e. The van der Waals surface area contributed by atoms with Crippen LogP contribution in [0.1, 0.15) is 23.1 Å². The topological polar surface area (TPSA) is 39.7 Å². The van der Waals surface area contributed by atoms with Crippen LogP contribution < -0.4 is 10.6 Å². The van der Waals surface area contributed by atoms with Gasteiger partial charge in [-0.2, -0.15) is 0 Å². The Labute approximate surface area is 186 Å². The van der Waals surface area contributed by atoms with E-state index in [0.717, 1.165) is 32.0 Å². The van der Waals surface area contributed by atoms with Crippen molar-refractivity contribution in [1.29, 1.82) is 0 Å². The second-order valence-electron chi connectivity index (χ2n) is 7.42. The molecule has 2 N–H and O–H groups in total. The first-order valence-corrected chi connectivity index (χ1v) is 10.00. The van der Waals surface area contributed by atoms with Gasteiger partial charge in [0.05, 0.1) is 0 Å². The quantitative estimate of drug-likeness (QED) is 0.351. The Balaban J connectivity index is 0.00000280. The Bertz CT molecular complexity index is 732. The summed E-state index contributed by atoms with van der Waals surface area (Å²) >= 11 is 0. The van der Waals surface area contributed by atoms with Gasteiger partial charge in [0.15, 0.2) is 5.96 Å². The number of benzene rings is 2. The van der Waals surface area contributed by atoms with Crippen LogP contribution in [0.5, 0.6) is 0 Å². The van der Waals surface area contributed by atoms with Crippen molar-refractivity contribution < 1.29 is 0 Å². The van der Waals surface area contributed by atoms with Crippen LogP contribution >= 0.6 is 24.0 Å². The standard InChI is InChI=1S/C23H32N4.HI/c1-19-8-6-7-11-22(19)17-26-23(24-2)25-16-21-13-15-27(18-21)14-12-20-9-4-3-5-10-20;/h3-11,21H,12-18H2,1-2H3,(H2,24,25,26);1H. The first-order chi connectivity index (χ1) is 13.2. The molecule has 152 valence electrons. The van der Waals surface area contributed by atoms with E-state index in [9.17, 15) is 0 Å². The van der Waals surface area contributed by atoms with Crippen LogP contribution in [0.15, 0.2) is 59.6 Å². The normalized spacial score (nSPS) is 17.2. The van der Waals surface area contributed by atoms with E-state index >= 15 is 0 Å². The van der Waals surface area contributed by atoms with E-state index in [1.807, 2.05) is 7.05 Å². The Kier molecular flexibility index (Phi) is 9.78. The number of nitrogens with one attached hydrogen (secondary N) is 2.